The molecule has 6 nitrogen and oxygen atoms in total. The minimum atomic E-state index is -1.03. The lowest BCUT2D eigenvalue weighted by Gasteiger charge is -2.49. The van der Waals surface area contributed by atoms with Crippen LogP contribution >= 0.6 is 0 Å². The van der Waals surface area contributed by atoms with Crippen molar-refractivity contribution in [3.63, 3.8) is 0 Å². The van der Waals surface area contributed by atoms with Crippen LogP contribution in [0.4, 0.5) is 0 Å². The molecule has 1 amide bonds. The van der Waals surface area contributed by atoms with Gasteiger partial charge in [-0.1, -0.05) is 62.6 Å². The van der Waals surface area contributed by atoms with Gasteiger partial charge in [0.1, 0.15) is 18.2 Å². The summed E-state index contributed by atoms with van der Waals surface area (Å²) >= 11 is 0. The summed E-state index contributed by atoms with van der Waals surface area (Å²) < 4.78 is 6.37. The molecule has 0 aromatic heterocycles. The van der Waals surface area contributed by atoms with E-state index in [2.05, 4.69) is 56.9 Å². The number of β-lactam (4-membered cyclic amide) rings is 1. The van der Waals surface area contributed by atoms with E-state index in [0.717, 1.165) is 43.4 Å². The molecule has 1 aliphatic carbocycles. The number of aryl methyl sites for hydroxylation is 1. The topological polar surface area (TPSA) is 78.9 Å². The summed E-state index contributed by atoms with van der Waals surface area (Å²) in [6, 6.07) is 6.68. The van der Waals surface area contributed by atoms with Gasteiger partial charge in [0.2, 0.25) is 5.91 Å². The summed E-state index contributed by atoms with van der Waals surface area (Å²) in [6.45, 7) is 13.4. The van der Waals surface area contributed by atoms with E-state index in [1.54, 1.807) is 0 Å². The number of fused-ring (bicyclic) bond motifs is 1. The normalized spacial score (nSPS) is 25.0. The molecule has 1 saturated heterocycles. The number of aliphatic carboxylic acids is 1. The summed E-state index contributed by atoms with van der Waals surface area (Å²) in [5.41, 5.74) is 5.99. The fourth-order valence-corrected chi connectivity index (χ4v) is 6.35. The lowest BCUT2D eigenvalue weighted by molar-refractivity contribution is -0.157. The molecule has 1 aromatic rings. The van der Waals surface area contributed by atoms with E-state index in [1.165, 1.54) is 40.0 Å². The molecule has 1 fully saturated rings. The van der Waals surface area contributed by atoms with Crippen molar-refractivity contribution < 1.29 is 19.4 Å². The Morgan fingerprint density at radius 1 is 1.24 bits per heavy atom. The minimum absolute atomic E-state index is 0.0138. The second-order valence-electron chi connectivity index (χ2n) is 11.4. The van der Waals surface area contributed by atoms with Crippen LogP contribution in [0.25, 0.3) is 0 Å². The van der Waals surface area contributed by atoms with Crippen LogP contribution in [0.3, 0.4) is 0 Å². The molecule has 0 spiro atoms. The van der Waals surface area contributed by atoms with Crippen molar-refractivity contribution in [2.75, 3.05) is 13.3 Å². The molecule has 2 N–H and O–H groups in total. The zero-order chi connectivity index (χ0) is 27.4. The molecular formula is C32H44N2O4. The highest BCUT2D eigenvalue weighted by Crippen LogP contribution is 2.43. The Labute approximate surface area is 227 Å². The molecule has 4 atom stereocenters. The first-order valence-corrected chi connectivity index (χ1v) is 14.3. The molecule has 6 heteroatoms. The van der Waals surface area contributed by atoms with Crippen LogP contribution in [0.5, 0.6) is 5.75 Å². The summed E-state index contributed by atoms with van der Waals surface area (Å²) in [6.07, 6.45) is 10.6. The van der Waals surface area contributed by atoms with Gasteiger partial charge in [-0.25, -0.2) is 4.79 Å². The lowest BCUT2D eigenvalue weighted by Crippen LogP contribution is -2.61. The molecule has 2 aliphatic heterocycles. The average molecular weight is 521 g/mol. The van der Waals surface area contributed by atoms with Crippen molar-refractivity contribution in [3.8, 4) is 5.75 Å². The number of carboxylic acids is 1. The SMILES string of the molecule is C=C(C)[C@@H]1CCC(C)=C[C@H]1c1ccc(CCCCC)cc1OCNCC1=C(C(=O)O)N2C(=O)C(C)[C@H]2CC1. The van der Waals surface area contributed by atoms with Crippen molar-refractivity contribution in [3.05, 3.63) is 64.4 Å². The molecule has 3 aliphatic rings. The number of carbonyl (C=O) groups excluding carboxylic acids is 1. The number of benzene rings is 1. The molecular weight excluding hydrogens is 476 g/mol. The van der Waals surface area contributed by atoms with Crippen LogP contribution in [0.2, 0.25) is 0 Å². The standard InChI is InChI=1S/C32H44N2O4/c1-6-7-8-9-23-11-14-26(27-16-21(4)10-13-25(27)20(2)3)29(17-23)38-19-33-18-24-12-15-28-22(5)31(35)34(28)30(24)32(36)37/h11,14,16-17,22,25,27-28,33H,2,6-10,12-13,15,18-19H2,1,3-5H3,(H,36,37)/t22?,25-,27+,28+/m0/s1. The minimum Gasteiger partial charge on any atom is -0.478 e. The first kappa shape index (κ1) is 28.2. The van der Waals surface area contributed by atoms with Gasteiger partial charge in [-0.3, -0.25) is 10.1 Å². The summed E-state index contributed by atoms with van der Waals surface area (Å²) in [5, 5.41) is 13.1. The van der Waals surface area contributed by atoms with Crippen LogP contribution in [-0.4, -0.2) is 41.2 Å². The third-order valence-electron chi connectivity index (χ3n) is 8.61. The van der Waals surface area contributed by atoms with Gasteiger partial charge >= 0.3 is 5.97 Å². The van der Waals surface area contributed by atoms with Crippen LogP contribution in [-0.2, 0) is 16.0 Å². The third kappa shape index (κ3) is 5.90. The van der Waals surface area contributed by atoms with Gasteiger partial charge in [-0.05, 0) is 75.5 Å². The highest BCUT2D eigenvalue weighted by molar-refractivity contribution is 5.98. The molecule has 0 saturated carbocycles. The number of hydrogen-bond donors (Lipinski definition) is 2. The average Bonchev–Trinajstić information content (AvgIpc) is 2.90. The van der Waals surface area contributed by atoms with Gasteiger partial charge in [0.25, 0.3) is 0 Å². The number of unbranched alkanes of at least 4 members (excludes halogenated alkanes) is 2. The maximum absolute atomic E-state index is 12.4. The van der Waals surface area contributed by atoms with Gasteiger partial charge < -0.3 is 14.7 Å². The third-order valence-corrected chi connectivity index (χ3v) is 8.61. The number of rotatable bonds is 12. The second-order valence-corrected chi connectivity index (χ2v) is 11.4. The molecule has 0 radical (unpaired) electrons. The van der Waals surface area contributed by atoms with E-state index in [0.29, 0.717) is 18.9 Å². The van der Waals surface area contributed by atoms with Crippen molar-refractivity contribution in [1.82, 2.24) is 10.2 Å². The van der Waals surface area contributed by atoms with E-state index in [9.17, 15) is 14.7 Å². The van der Waals surface area contributed by atoms with Crippen molar-refractivity contribution in [1.29, 1.82) is 0 Å². The molecule has 38 heavy (non-hydrogen) atoms. The maximum Gasteiger partial charge on any atom is 0.352 e. The molecule has 2 heterocycles. The summed E-state index contributed by atoms with van der Waals surface area (Å²) in [7, 11) is 0. The van der Waals surface area contributed by atoms with Crippen molar-refractivity contribution in [2.24, 2.45) is 11.8 Å². The Balaban J connectivity index is 1.50. The van der Waals surface area contributed by atoms with Crippen molar-refractivity contribution >= 4 is 11.9 Å². The van der Waals surface area contributed by atoms with Gasteiger partial charge in [0.05, 0.1) is 5.92 Å². The Hall–Kier alpha value is -2.86. The van der Waals surface area contributed by atoms with E-state index in [4.69, 9.17) is 4.74 Å². The Morgan fingerprint density at radius 2 is 2.03 bits per heavy atom. The number of carbonyl (C=O) groups is 2. The Kier molecular flexibility index (Phi) is 9.14. The first-order valence-electron chi connectivity index (χ1n) is 14.3. The predicted octanol–water partition coefficient (Wildman–Crippen LogP) is 6.34. The van der Waals surface area contributed by atoms with Gasteiger partial charge in [0, 0.05) is 24.1 Å². The lowest BCUT2D eigenvalue weighted by atomic mass is 9.74. The molecule has 0 bridgehead atoms. The smallest absolute Gasteiger partial charge is 0.352 e. The molecule has 1 aromatic carbocycles. The number of ether oxygens (including phenoxy) is 1. The van der Waals surface area contributed by atoms with Crippen molar-refractivity contribution in [2.45, 2.75) is 91.0 Å². The predicted molar refractivity (Wildman–Crippen MR) is 151 cm³/mol. The maximum atomic E-state index is 12.4. The van der Waals surface area contributed by atoms with Crippen LogP contribution in [0, 0.1) is 11.8 Å². The van der Waals surface area contributed by atoms with E-state index >= 15 is 0 Å². The number of allylic oxidation sites excluding steroid dienone is 3. The molecule has 4 rings (SSSR count). The van der Waals surface area contributed by atoms with E-state index < -0.39 is 5.97 Å². The number of hydrogen-bond acceptors (Lipinski definition) is 4. The number of nitrogens with one attached hydrogen (secondary N) is 1. The zero-order valence-electron chi connectivity index (χ0n) is 23.5. The van der Waals surface area contributed by atoms with Crippen LogP contribution in [0.1, 0.15) is 89.7 Å². The van der Waals surface area contributed by atoms with Crippen LogP contribution in [0.15, 0.2) is 53.3 Å². The fraction of sp³-hybridized carbons (Fsp3) is 0.562. The molecule has 1 unspecified atom stereocenters. The zero-order valence-corrected chi connectivity index (χ0v) is 23.5. The Bertz CT molecular complexity index is 1130. The second kappa shape index (κ2) is 12.3. The number of amides is 1. The van der Waals surface area contributed by atoms with E-state index in [-0.39, 0.29) is 36.2 Å². The van der Waals surface area contributed by atoms with Gasteiger partial charge in [-0.15, -0.1) is 0 Å². The quantitative estimate of drug-likeness (QED) is 0.145. The summed E-state index contributed by atoms with van der Waals surface area (Å²) in [5.74, 6) is 0.294. The molecule has 206 valence electrons. The van der Waals surface area contributed by atoms with Gasteiger partial charge in [0.15, 0.2) is 0 Å². The van der Waals surface area contributed by atoms with Gasteiger partial charge in [-0.2, -0.15) is 0 Å². The fourth-order valence-electron chi connectivity index (χ4n) is 6.35. The van der Waals surface area contributed by atoms with Crippen LogP contribution < -0.4 is 10.1 Å². The number of nitrogens with zero attached hydrogens (tertiary/aromatic N) is 1. The highest BCUT2D eigenvalue weighted by Gasteiger charge is 2.50. The Morgan fingerprint density at radius 3 is 2.74 bits per heavy atom. The van der Waals surface area contributed by atoms with E-state index in [1.807, 2.05) is 6.92 Å². The first-order chi connectivity index (χ1) is 18.2. The summed E-state index contributed by atoms with van der Waals surface area (Å²) in [4.78, 5) is 25.9. The largest absolute Gasteiger partial charge is 0.478 e. The highest BCUT2D eigenvalue weighted by atomic mass is 16.5. The number of carboxylic acid groups (broad SMARTS) is 1. The monoisotopic (exact) mass is 520 g/mol.